The third-order valence-corrected chi connectivity index (χ3v) is 4.36. The zero-order valence-corrected chi connectivity index (χ0v) is 13.7. The van der Waals surface area contributed by atoms with E-state index in [9.17, 15) is 17.6 Å². The van der Waals surface area contributed by atoms with Gasteiger partial charge in [-0.15, -0.1) is 0 Å². The van der Waals surface area contributed by atoms with Crippen LogP contribution in [0, 0.1) is 5.82 Å². The molecule has 0 radical (unpaired) electrons. The monoisotopic (exact) mass is 356 g/mol. The van der Waals surface area contributed by atoms with Crippen LogP contribution in [0.2, 0.25) is 5.02 Å². The topological polar surface area (TPSA) is 75.3 Å². The molecule has 2 aromatic carbocycles. The van der Waals surface area contributed by atoms with Gasteiger partial charge in [-0.3, -0.25) is 4.79 Å². The number of hydrogen-bond acceptors (Lipinski definition) is 4. The van der Waals surface area contributed by atoms with Crippen molar-refractivity contribution in [3.05, 3.63) is 53.3 Å². The molecule has 0 heterocycles. The van der Waals surface area contributed by atoms with Gasteiger partial charge in [-0.25, -0.2) is 12.8 Å². The Labute approximate surface area is 138 Å². The molecule has 0 aliphatic carbocycles. The highest BCUT2D eigenvalue weighted by Crippen LogP contribution is 2.19. The number of nitrogens with one attached hydrogen (secondary N) is 2. The summed E-state index contributed by atoms with van der Waals surface area (Å²) < 4.78 is 35.7. The number of benzene rings is 2. The minimum atomic E-state index is -3.27. The lowest BCUT2D eigenvalue weighted by Crippen LogP contribution is -2.21. The van der Waals surface area contributed by atoms with E-state index in [1.807, 2.05) is 0 Å². The van der Waals surface area contributed by atoms with Crippen LogP contribution in [-0.2, 0) is 14.6 Å². The zero-order chi connectivity index (χ0) is 17.0. The Balaban J connectivity index is 1.93. The number of amides is 1. The Morgan fingerprint density at radius 1 is 1.13 bits per heavy atom. The lowest BCUT2D eigenvalue weighted by atomic mass is 10.3. The third-order valence-electron chi connectivity index (χ3n) is 2.94. The number of halogens is 2. The largest absolute Gasteiger partial charge is 0.376 e. The summed E-state index contributed by atoms with van der Waals surface area (Å²) in [7, 11) is -3.27. The molecule has 2 aromatic rings. The quantitative estimate of drug-likeness (QED) is 0.863. The van der Waals surface area contributed by atoms with Crippen LogP contribution in [0.3, 0.4) is 0 Å². The molecule has 0 saturated carbocycles. The Hall–Kier alpha value is -2.12. The maximum Gasteiger partial charge on any atom is 0.243 e. The molecule has 0 aromatic heterocycles. The molecule has 0 aliphatic heterocycles. The van der Waals surface area contributed by atoms with Gasteiger partial charge in [0.2, 0.25) is 5.91 Å². The number of sulfone groups is 1. The lowest BCUT2D eigenvalue weighted by Gasteiger charge is -2.09. The maximum absolute atomic E-state index is 13.0. The SMILES string of the molecule is CS(=O)(=O)c1ccc(NC(=O)CNc2ccc(F)c(Cl)c2)cc1. The van der Waals surface area contributed by atoms with Gasteiger partial charge in [0.1, 0.15) is 5.82 Å². The van der Waals surface area contributed by atoms with Gasteiger partial charge in [0.15, 0.2) is 9.84 Å². The number of anilines is 2. The van der Waals surface area contributed by atoms with Gasteiger partial charge in [0, 0.05) is 17.6 Å². The van der Waals surface area contributed by atoms with Crippen molar-refractivity contribution in [2.75, 3.05) is 23.4 Å². The Bertz CT molecular complexity index is 823. The highest BCUT2D eigenvalue weighted by molar-refractivity contribution is 7.90. The second-order valence-corrected chi connectivity index (χ2v) is 7.25. The van der Waals surface area contributed by atoms with Crippen LogP contribution in [0.4, 0.5) is 15.8 Å². The van der Waals surface area contributed by atoms with Crippen LogP contribution in [0.5, 0.6) is 0 Å². The molecule has 0 unspecified atom stereocenters. The Morgan fingerprint density at radius 2 is 1.74 bits per heavy atom. The summed E-state index contributed by atoms with van der Waals surface area (Å²) in [5.41, 5.74) is 0.986. The fourth-order valence-corrected chi connectivity index (χ4v) is 2.59. The standard InChI is InChI=1S/C15H14ClFN2O3S/c1-23(21,22)12-5-2-10(3-6-12)19-15(20)9-18-11-4-7-14(17)13(16)8-11/h2-8,18H,9H2,1H3,(H,19,20). The molecule has 5 nitrogen and oxygen atoms in total. The third kappa shape index (κ3) is 4.94. The van der Waals surface area contributed by atoms with Crippen molar-refractivity contribution in [1.82, 2.24) is 0 Å². The summed E-state index contributed by atoms with van der Waals surface area (Å²) in [6.45, 7) is -0.0458. The van der Waals surface area contributed by atoms with E-state index in [4.69, 9.17) is 11.6 Å². The van der Waals surface area contributed by atoms with Crippen LogP contribution in [-0.4, -0.2) is 27.1 Å². The first-order valence-corrected chi connectivity index (χ1v) is 8.81. The number of rotatable bonds is 5. The van der Waals surface area contributed by atoms with Gasteiger partial charge in [-0.2, -0.15) is 0 Å². The van der Waals surface area contributed by atoms with Crippen molar-refractivity contribution in [3.8, 4) is 0 Å². The van der Waals surface area contributed by atoms with E-state index < -0.39 is 15.7 Å². The molecule has 0 bridgehead atoms. The first kappa shape index (κ1) is 17.2. The van der Waals surface area contributed by atoms with E-state index >= 15 is 0 Å². The molecular weight excluding hydrogens is 343 g/mol. The predicted molar refractivity (Wildman–Crippen MR) is 88.1 cm³/mol. The van der Waals surface area contributed by atoms with Gasteiger partial charge >= 0.3 is 0 Å². The molecular formula is C15H14ClFN2O3S. The zero-order valence-electron chi connectivity index (χ0n) is 12.1. The van der Waals surface area contributed by atoms with E-state index in [-0.39, 0.29) is 22.4 Å². The summed E-state index contributed by atoms with van der Waals surface area (Å²) in [5.74, 6) is -0.870. The smallest absolute Gasteiger partial charge is 0.243 e. The van der Waals surface area contributed by atoms with Crippen molar-refractivity contribution in [3.63, 3.8) is 0 Å². The van der Waals surface area contributed by atoms with E-state index in [1.165, 1.54) is 42.5 Å². The molecule has 23 heavy (non-hydrogen) atoms. The molecule has 2 rings (SSSR count). The van der Waals surface area contributed by atoms with Crippen molar-refractivity contribution in [2.24, 2.45) is 0 Å². The molecule has 0 fully saturated rings. The summed E-state index contributed by atoms with van der Waals surface area (Å²) in [6, 6.07) is 9.88. The normalized spacial score (nSPS) is 11.1. The number of carbonyl (C=O) groups is 1. The summed E-state index contributed by atoms with van der Waals surface area (Å²) in [5, 5.41) is 5.39. The van der Waals surface area contributed by atoms with Crippen LogP contribution in [0.15, 0.2) is 47.4 Å². The summed E-state index contributed by atoms with van der Waals surface area (Å²) in [6.07, 6.45) is 1.11. The van der Waals surface area contributed by atoms with Crippen molar-refractivity contribution in [2.45, 2.75) is 4.90 Å². The minimum Gasteiger partial charge on any atom is -0.376 e. The summed E-state index contributed by atoms with van der Waals surface area (Å²) in [4.78, 5) is 12.0. The molecule has 0 spiro atoms. The van der Waals surface area contributed by atoms with Gasteiger partial charge in [-0.05, 0) is 42.5 Å². The molecule has 0 saturated heterocycles. The molecule has 8 heteroatoms. The van der Waals surface area contributed by atoms with E-state index in [1.54, 1.807) is 0 Å². The minimum absolute atomic E-state index is 0.0354. The first-order chi connectivity index (χ1) is 10.8. The summed E-state index contributed by atoms with van der Waals surface area (Å²) >= 11 is 5.65. The van der Waals surface area contributed by atoms with Crippen molar-refractivity contribution >= 4 is 38.7 Å². The first-order valence-electron chi connectivity index (χ1n) is 6.54. The van der Waals surface area contributed by atoms with Crippen LogP contribution >= 0.6 is 11.6 Å². The van der Waals surface area contributed by atoms with Gasteiger partial charge in [0.25, 0.3) is 0 Å². The fraction of sp³-hybridized carbons (Fsp3) is 0.133. The second-order valence-electron chi connectivity index (χ2n) is 4.83. The highest BCUT2D eigenvalue weighted by Gasteiger charge is 2.08. The van der Waals surface area contributed by atoms with E-state index in [2.05, 4.69) is 10.6 Å². The molecule has 0 atom stereocenters. The van der Waals surface area contributed by atoms with E-state index in [0.717, 1.165) is 6.26 Å². The average molecular weight is 357 g/mol. The van der Waals surface area contributed by atoms with Crippen LogP contribution in [0.1, 0.15) is 0 Å². The maximum atomic E-state index is 13.0. The molecule has 122 valence electrons. The highest BCUT2D eigenvalue weighted by atomic mass is 35.5. The van der Waals surface area contributed by atoms with Gasteiger partial charge < -0.3 is 10.6 Å². The molecule has 2 N–H and O–H groups in total. The van der Waals surface area contributed by atoms with Crippen LogP contribution in [0.25, 0.3) is 0 Å². The van der Waals surface area contributed by atoms with Crippen LogP contribution < -0.4 is 10.6 Å². The second kappa shape index (κ2) is 6.97. The van der Waals surface area contributed by atoms with Crippen molar-refractivity contribution < 1.29 is 17.6 Å². The van der Waals surface area contributed by atoms with Crippen molar-refractivity contribution in [1.29, 1.82) is 0 Å². The van der Waals surface area contributed by atoms with E-state index in [0.29, 0.717) is 11.4 Å². The lowest BCUT2D eigenvalue weighted by molar-refractivity contribution is -0.114. The molecule has 0 aliphatic rings. The van der Waals surface area contributed by atoms with Gasteiger partial charge in [-0.1, -0.05) is 11.6 Å². The number of hydrogen-bond donors (Lipinski definition) is 2. The predicted octanol–water partition coefficient (Wildman–Crippen LogP) is 2.93. The molecule has 1 amide bonds. The average Bonchev–Trinajstić information content (AvgIpc) is 2.48. The van der Waals surface area contributed by atoms with Gasteiger partial charge in [0.05, 0.1) is 16.5 Å². The Morgan fingerprint density at radius 3 is 2.30 bits per heavy atom. The number of carbonyl (C=O) groups excluding carboxylic acids is 1. The Kier molecular flexibility index (Phi) is 5.23. The fourth-order valence-electron chi connectivity index (χ4n) is 1.78.